The van der Waals surface area contributed by atoms with Gasteiger partial charge in [-0.2, -0.15) is 0 Å². The maximum Gasteiger partial charge on any atom is 0.148 e. The summed E-state index contributed by atoms with van der Waals surface area (Å²) in [5.74, 6) is -1.16. The predicted octanol–water partition coefficient (Wildman–Crippen LogP) is 2.73. The molecular formula is C12H16F2N2. The highest BCUT2D eigenvalue weighted by molar-refractivity contribution is 5.08. The second-order valence-electron chi connectivity index (χ2n) is 4.40. The molecule has 1 saturated heterocycles. The van der Waals surface area contributed by atoms with Gasteiger partial charge in [-0.3, -0.25) is 9.88 Å². The Morgan fingerprint density at radius 3 is 2.94 bits per heavy atom. The largest absolute Gasteiger partial charge is 0.295 e. The molecule has 0 amide bonds. The standard InChI is InChI=1S/C12H16F2N2/c1-9-4-2-3-5-16(9)8-12-11(14)6-10(13)7-15-12/h6-7,9H,2-5,8H2,1H3. The number of nitrogens with zero attached hydrogens (tertiary/aromatic N) is 2. The van der Waals surface area contributed by atoms with E-state index in [0.29, 0.717) is 18.3 Å². The Morgan fingerprint density at radius 1 is 1.44 bits per heavy atom. The fraction of sp³-hybridized carbons (Fsp3) is 0.583. The van der Waals surface area contributed by atoms with E-state index < -0.39 is 11.6 Å². The summed E-state index contributed by atoms with van der Waals surface area (Å²) in [6.07, 6.45) is 4.60. The molecule has 1 aromatic heterocycles. The molecule has 1 atom stereocenters. The SMILES string of the molecule is CC1CCCCN1Cc1ncc(F)cc1F. The van der Waals surface area contributed by atoms with Gasteiger partial charge in [-0.05, 0) is 26.3 Å². The van der Waals surface area contributed by atoms with Crippen LogP contribution in [0.1, 0.15) is 31.9 Å². The van der Waals surface area contributed by atoms with Gasteiger partial charge in [0.1, 0.15) is 11.6 Å². The van der Waals surface area contributed by atoms with Gasteiger partial charge in [0.25, 0.3) is 0 Å². The highest BCUT2D eigenvalue weighted by Crippen LogP contribution is 2.19. The Hall–Kier alpha value is -1.03. The average Bonchev–Trinajstić information content (AvgIpc) is 2.25. The summed E-state index contributed by atoms with van der Waals surface area (Å²) in [4.78, 5) is 6.02. The summed E-state index contributed by atoms with van der Waals surface area (Å²) in [6.45, 7) is 3.59. The van der Waals surface area contributed by atoms with Gasteiger partial charge in [-0.1, -0.05) is 6.42 Å². The van der Waals surface area contributed by atoms with E-state index in [1.807, 2.05) is 0 Å². The van der Waals surface area contributed by atoms with Crippen LogP contribution in [-0.4, -0.2) is 22.5 Å². The van der Waals surface area contributed by atoms with E-state index in [-0.39, 0.29) is 0 Å². The lowest BCUT2D eigenvalue weighted by Crippen LogP contribution is -2.37. The van der Waals surface area contributed by atoms with E-state index in [4.69, 9.17) is 0 Å². The molecule has 1 unspecified atom stereocenters. The van der Waals surface area contributed by atoms with E-state index >= 15 is 0 Å². The number of halogens is 2. The number of piperidine rings is 1. The molecule has 4 heteroatoms. The molecule has 88 valence electrons. The van der Waals surface area contributed by atoms with Crippen LogP contribution in [0.5, 0.6) is 0 Å². The molecule has 2 heterocycles. The Morgan fingerprint density at radius 2 is 2.25 bits per heavy atom. The fourth-order valence-corrected chi connectivity index (χ4v) is 2.14. The number of pyridine rings is 1. The molecule has 0 bridgehead atoms. The molecular weight excluding hydrogens is 210 g/mol. The first kappa shape index (κ1) is 11.5. The van der Waals surface area contributed by atoms with Crippen molar-refractivity contribution in [3.63, 3.8) is 0 Å². The molecule has 2 rings (SSSR count). The number of hydrogen-bond acceptors (Lipinski definition) is 2. The number of likely N-dealkylation sites (tertiary alicyclic amines) is 1. The lowest BCUT2D eigenvalue weighted by molar-refractivity contribution is 0.149. The second-order valence-corrected chi connectivity index (χ2v) is 4.40. The zero-order valence-electron chi connectivity index (χ0n) is 9.42. The number of aromatic nitrogens is 1. The minimum absolute atomic E-state index is 0.343. The third kappa shape index (κ3) is 2.55. The number of rotatable bonds is 2. The maximum atomic E-state index is 13.4. The van der Waals surface area contributed by atoms with Crippen LogP contribution in [0, 0.1) is 11.6 Å². The van der Waals surface area contributed by atoms with Crippen molar-refractivity contribution in [1.29, 1.82) is 0 Å². The van der Waals surface area contributed by atoms with Crippen LogP contribution in [0.15, 0.2) is 12.3 Å². The lowest BCUT2D eigenvalue weighted by Gasteiger charge is -2.32. The van der Waals surface area contributed by atoms with Gasteiger partial charge in [0.2, 0.25) is 0 Å². The highest BCUT2D eigenvalue weighted by atomic mass is 19.1. The molecule has 0 saturated carbocycles. The molecule has 2 nitrogen and oxygen atoms in total. The van der Waals surface area contributed by atoms with Crippen LogP contribution < -0.4 is 0 Å². The van der Waals surface area contributed by atoms with Gasteiger partial charge in [0, 0.05) is 18.7 Å². The average molecular weight is 226 g/mol. The maximum absolute atomic E-state index is 13.4. The minimum atomic E-state index is -0.618. The monoisotopic (exact) mass is 226 g/mol. The summed E-state index contributed by atoms with van der Waals surface area (Å²) < 4.78 is 26.1. The van der Waals surface area contributed by atoms with Crippen LogP contribution in [0.2, 0.25) is 0 Å². The van der Waals surface area contributed by atoms with Crippen molar-refractivity contribution in [2.75, 3.05) is 6.54 Å². The van der Waals surface area contributed by atoms with Gasteiger partial charge < -0.3 is 0 Å². The molecule has 0 N–H and O–H groups in total. The van der Waals surface area contributed by atoms with Crippen molar-refractivity contribution in [2.24, 2.45) is 0 Å². The summed E-state index contributed by atoms with van der Waals surface area (Å²) in [5.41, 5.74) is 0.343. The van der Waals surface area contributed by atoms with Crippen molar-refractivity contribution in [2.45, 2.75) is 38.8 Å². The smallest absolute Gasteiger partial charge is 0.148 e. The lowest BCUT2D eigenvalue weighted by atomic mass is 10.0. The third-order valence-electron chi connectivity index (χ3n) is 3.18. The van der Waals surface area contributed by atoms with E-state index in [9.17, 15) is 8.78 Å². The third-order valence-corrected chi connectivity index (χ3v) is 3.18. The van der Waals surface area contributed by atoms with E-state index in [2.05, 4.69) is 16.8 Å². The second kappa shape index (κ2) is 4.87. The van der Waals surface area contributed by atoms with Crippen molar-refractivity contribution >= 4 is 0 Å². The van der Waals surface area contributed by atoms with E-state index in [1.165, 1.54) is 6.42 Å². The molecule has 1 aliphatic rings. The summed E-state index contributed by atoms with van der Waals surface area (Å²) >= 11 is 0. The summed E-state index contributed by atoms with van der Waals surface area (Å²) in [6, 6.07) is 1.36. The molecule has 16 heavy (non-hydrogen) atoms. The van der Waals surface area contributed by atoms with Crippen LogP contribution >= 0.6 is 0 Å². The zero-order chi connectivity index (χ0) is 11.5. The molecule has 0 radical (unpaired) electrons. The Balaban J connectivity index is 2.07. The zero-order valence-corrected chi connectivity index (χ0v) is 9.42. The van der Waals surface area contributed by atoms with Crippen LogP contribution in [0.25, 0.3) is 0 Å². The van der Waals surface area contributed by atoms with Crippen molar-refractivity contribution < 1.29 is 8.78 Å². The molecule has 1 aliphatic heterocycles. The molecule has 0 spiro atoms. The molecule has 0 aliphatic carbocycles. The van der Waals surface area contributed by atoms with Gasteiger partial charge in [0.05, 0.1) is 11.9 Å². The molecule has 1 aromatic rings. The summed E-state index contributed by atoms with van der Waals surface area (Å²) in [7, 11) is 0. The Kier molecular flexibility index (Phi) is 3.49. The first-order valence-electron chi connectivity index (χ1n) is 5.71. The van der Waals surface area contributed by atoms with E-state index in [1.54, 1.807) is 0 Å². The van der Waals surface area contributed by atoms with Crippen LogP contribution in [0.3, 0.4) is 0 Å². The molecule has 0 aromatic carbocycles. The topological polar surface area (TPSA) is 16.1 Å². The normalized spacial score (nSPS) is 22.3. The first-order valence-corrected chi connectivity index (χ1v) is 5.71. The van der Waals surface area contributed by atoms with Gasteiger partial charge in [0.15, 0.2) is 0 Å². The molecule has 1 fully saturated rings. The Bertz CT molecular complexity index is 368. The minimum Gasteiger partial charge on any atom is -0.295 e. The van der Waals surface area contributed by atoms with Crippen molar-refractivity contribution in [3.8, 4) is 0 Å². The summed E-state index contributed by atoms with van der Waals surface area (Å²) in [5, 5.41) is 0. The Labute approximate surface area is 94.3 Å². The fourth-order valence-electron chi connectivity index (χ4n) is 2.14. The van der Waals surface area contributed by atoms with Crippen molar-refractivity contribution in [3.05, 3.63) is 29.6 Å². The highest BCUT2D eigenvalue weighted by Gasteiger charge is 2.20. The van der Waals surface area contributed by atoms with Crippen molar-refractivity contribution in [1.82, 2.24) is 9.88 Å². The van der Waals surface area contributed by atoms with Crippen LogP contribution in [0.4, 0.5) is 8.78 Å². The predicted molar refractivity (Wildman–Crippen MR) is 57.9 cm³/mol. The first-order chi connectivity index (χ1) is 7.66. The van der Waals surface area contributed by atoms with Gasteiger partial charge in [-0.15, -0.1) is 0 Å². The van der Waals surface area contributed by atoms with Crippen LogP contribution in [-0.2, 0) is 6.54 Å². The van der Waals surface area contributed by atoms with Gasteiger partial charge >= 0.3 is 0 Å². The van der Waals surface area contributed by atoms with E-state index in [0.717, 1.165) is 31.6 Å². The van der Waals surface area contributed by atoms with Gasteiger partial charge in [-0.25, -0.2) is 8.78 Å². The number of hydrogen-bond donors (Lipinski definition) is 0. The quantitative estimate of drug-likeness (QED) is 0.770.